The molecule has 1 aromatic heterocycles. The van der Waals surface area contributed by atoms with Crippen LogP contribution in [0.25, 0.3) is 0 Å². The number of anilines is 1. The summed E-state index contributed by atoms with van der Waals surface area (Å²) in [5, 5.41) is 3.18. The molecule has 0 aliphatic heterocycles. The highest BCUT2D eigenvalue weighted by Crippen LogP contribution is 2.07. The van der Waals surface area contributed by atoms with Gasteiger partial charge >= 0.3 is 0 Å². The molecule has 17 heavy (non-hydrogen) atoms. The van der Waals surface area contributed by atoms with Gasteiger partial charge in [-0.3, -0.25) is 0 Å². The number of methoxy groups -OCH3 is 1. The molecule has 0 bridgehead atoms. The highest BCUT2D eigenvalue weighted by atomic mass is 16.5. The van der Waals surface area contributed by atoms with Gasteiger partial charge in [0, 0.05) is 24.8 Å². The van der Waals surface area contributed by atoms with Crippen LogP contribution < -0.4 is 10.1 Å². The number of aromatic nitrogens is 2. The van der Waals surface area contributed by atoms with Gasteiger partial charge in [0.25, 0.3) is 0 Å². The van der Waals surface area contributed by atoms with Gasteiger partial charge in [0.15, 0.2) is 0 Å². The van der Waals surface area contributed by atoms with Gasteiger partial charge in [-0.25, -0.2) is 4.98 Å². The van der Waals surface area contributed by atoms with Gasteiger partial charge < -0.3 is 15.0 Å². The lowest BCUT2D eigenvalue weighted by Gasteiger charge is -2.20. The summed E-state index contributed by atoms with van der Waals surface area (Å²) in [7, 11) is 3.73. The van der Waals surface area contributed by atoms with Crippen molar-refractivity contribution in [2.45, 2.75) is 26.3 Å². The SMILES string of the molecule is COc1ccnc(NCCCN(C)C(C)C)n1. The Hall–Kier alpha value is -1.36. The molecule has 1 rings (SSSR count). The summed E-state index contributed by atoms with van der Waals surface area (Å²) >= 11 is 0. The maximum atomic E-state index is 5.03. The Bertz CT molecular complexity index is 330. The second kappa shape index (κ2) is 7.06. The normalized spacial score (nSPS) is 10.9. The Morgan fingerprint density at radius 3 is 2.88 bits per heavy atom. The van der Waals surface area contributed by atoms with E-state index in [4.69, 9.17) is 4.74 Å². The zero-order valence-corrected chi connectivity index (χ0v) is 11.1. The summed E-state index contributed by atoms with van der Waals surface area (Å²) in [6, 6.07) is 2.32. The third-order valence-electron chi connectivity index (χ3n) is 2.69. The Balaban J connectivity index is 2.26. The molecule has 5 heteroatoms. The maximum absolute atomic E-state index is 5.03. The van der Waals surface area contributed by atoms with E-state index in [1.54, 1.807) is 19.4 Å². The highest BCUT2D eigenvalue weighted by molar-refractivity contribution is 5.26. The Kier molecular flexibility index (Phi) is 5.69. The van der Waals surface area contributed by atoms with Crippen LogP contribution in [0.15, 0.2) is 12.3 Å². The summed E-state index contributed by atoms with van der Waals surface area (Å²) in [5.74, 6) is 1.21. The molecule has 5 nitrogen and oxygen atoms in total. The quantitative estimate of drug-likeness (QED) is 0.732. The third kappa shape index (κ3) is 4.99. The molecular weight excluding hydrogens is 216 g/mol. The second-order valence-corrected chi connectivity index (χ2v) is 4.28. The molecule has 0 saturated heterocycles. The highest BCUT2D eigenvalue weighted by Gasteiger charge is 2.02. The van der Waals surface area contributed by atoms with E-state index in [0.29, 0.717) is 17.9 Å². The summed E-state index contributed by atoms with van der Waals surface area (Å²) in [4.78, 5) is 10.6. The van der Waals surface area contributed by atoms with Gasteiger partial charge in [-0.1, -0.05) is 0 Å². The summed E-state index contributed by atoms with van der Waals surface area (Å²) < 4.78 is 5.03. The molecule has 0 aromatic carbocycles. The van der Waals surface area contributed by atoms with Crippen molar-refractivity contribution in [3.63, 3.8) is 0 Å². The van der Waals surface area contributed by atoms with Gasteiger partial charge in [-0.05, 0) is 33.9 Å². The molecule has 1 heterocycles. The van der Waals surface area contributed by atoms with Gasteiger partial charge in [-0.2, -0.15) is 4.98 Å². The summed E-state index contributed by atoms with van der Waals surface area (Å²) in [5.41, 5.74) is 0. The van der Waals surface area contributed by atoms with Crippen molar-refractivity contribution in [3.05, 3.63) is 12.3 Å². The molecule has 0 aliphatic rings. The number of rotatable bonds is 7. The van der Waals surface area contributed by atoms with Crippen LogP contribution >= 0.6 is 0 Å². The zero-order chi connectivity index (χ0) is 12.7. The first-order valence-corrected chi connectivity index (χ1v) is 5.94. The van der Waals surface area contributed by atoms with Gasteiger partial charge in [-0.15, -0.1) is 0 Å². The Labute approximate surface area is 103 Å². The first-order valence-electron chi connectivity index (χ1n) is 5.94. The van der Waals surface area contributed by atoms with Gasteiger partial charge in [0.05, 0.1) is 7.11 Å². The minimum atomic E-state index is 0.585. The Morgan fingerprint density at radius 1 is 1.47 bits per heavy atom. The summed E-state index contributed by atoms with van der Waals surface area (Å²) in [6.07, 6.45) is 2.75. The van der Waals surface area contributed by atoms with E-state index in [1.807, 2.05) is 0 Å². The van der Waals surface area contributed by atoms with E-state index in [1.165, 1.54) is 0 Å². The average Bonchev–Trinajstić information content (AvgIpc) is 2.34. The fraction of sp³-hybridized carbons (Fsp3) is 0.667. The van der Waals surface area contributed by atoms with E-state index < -0.39 is 0 Å². The van der Waals surface area contributed by atoms with E-state index in [2.05, 4.69) is 41.1 Å². The number of hydrogen-bond acceptors (Lipinski definition) is 5. The molecule has 1 aromatic rings. The van der Waals surface area contributed by atoms with Crippen molar-refractivity contribution < 1.29 is 4.74 Å². The minimum Gasteiger partial charge on any atom is -0.481 e. The van der Waals surface area contributed by atoms with Gasteiger partial charge in [0.1, 0.15) is 0 Å². The van der Waals surface area contributed by atoms with Crippen LogP contribution in [0, 0.1) is 0 Å². The van der Waals surface area contributed by atoms with Crippen LogP contribution in [0.5, 0.6) is 5.88 Å². The largest absolute Gasteiger partial charge is 0.481 e. The number of hydrogen-bond donors (Lipinski definition) is 1. The van der Waals surface area contributed by atoms with Crippen molar-refractivity contribution in [3.8, 4) is 5.88 Å². The number of nitrogens with one attached hydrogen (secondary N) is 1. The molecule has 0 spiro atoms. The second-order valence-electron chi connectivity index (χ2n) is 4.28. The standard InChI is InChI=1S/C12H22N4O/c1-10(2)16(3)9-5-7-13-12-14-8-6-11(15-12)17-4/h6,8,10H,5,7,9H2,1-4H3,(H,13,14,15). The molecule has 0 amide bonds. The third-order valence-corrected chi connectivity index (χ3v) is 2.69. The van der Waals surface area contributed by atoms with Crippen LogP contribution in [0.1, 0.15) is 20.3 Å². The van der Waals surface area contributed by atoms with Crippen molar-refractivity contribution in [2.75, 3.05) is 32.6 Å². The van der Waals surface area contributed by atoms with Crippen molar-refractivity contribution in [2.24, 2.45) is 0 Å². The van der Waals surface area contributed by atoms with Crippen LogP contribution in [-0.4, -0.2) is 48.2 Å². The topological polar surface area (TPSA) is 50.3 Å². The number of ether oxygens (including phenoxy) is 1. The average molecular weight is 238 g/mol. The predicted molar refractivity (Wildman–Crippen MR) is 69.5 cm³/mol. The van der Waals surface area contributed by atoms with Crippen LogP contribution in [0.4, 0.5) is 5.95 Å². The van der Waals surface area contributed by atoms with E-state index in [-0.39, 0.29) is 0 Å². The molecule has 0 saturated carbocycles. The zero-order valence-electron chi connectivity index (χ0n) is 11.1. The summed E-state index contributed by atoms with van der Waals surface area (Å²) in [6.45, 7) is 6.32. The Morgan fingerprint density at radius 2 is 2.24 bits per heavy atom. The molecule has 0 fully saturated rings. The van der Waals surface area contributed by atoms with Crippen LogP contribution in [0.2, 0.25) is 0 Å². The first kappa shape index (κ1) is 13.7. The molecule has 0 unspecified atom stereocenters. The molecule has 0 aliphatic carbocycles. The predicted octanol–water partition coefficient (Wildman–Crippen LogP) is 1.63. The molecule has 0 atom stereocenters. The molecule has 96 valence electrons. The lowest BCUT2D eigenvalue weighted by atomic mass is 10.3. The van der Waals surface area contributed by atoms with E-state index in [9.17, 15) is 0 Å². The maximum Gasteiger partial charge on any atom is 0.225 e. The number of nitrogens with zero attached hydrogens (tertiary/aromatic N) is 3. The smallest absolute Gasteiger partial charge is 0.225 e. The van der Waals surface area contributed by atoms with E-state index >= 15 is 0 Å². The van der Waals surface area contributed by atoms with Crippen molar-refractivity contribution in [1.82, 2.24) is 14.9 Å². The fourth-order valence-electron chi connectivity index (χ4n) is 1.33. The van der Waals surface area contributed by atoms with Crippen molar-refractivity contribution >= 4 is 5.95 Å². The van der Waals surface area contributed by atoms with Gasteiger partial charge in [0.2, 0.25) is 11.8 Å². The molecule has 0 radical (unpaired) electrons. The first-order chi connectivity index (χ1) is 8.13. The van der Waals surface area contributed by atoms with Crippen LogP contribution in [-0.2, 0) is 0 Å². The van der Waals surface area contributed by atoms with Crippen LogP contribution in [0.3, 0.4) is 0 Å². The molecular formula is C12H22N4O. The van der Waals surface area contributed by atoms with E-state index in [0.717, 1.165) is 19.5 Å². The lowest BCUT2D eigenvalue weighted by molar-refractivity contribution is 0.273. The minimum absolute atomic E-state index is 0.585. The molecule has 1 N–H and O–H groups in total. The van der Waals surface area contributed by atoms with Crippen molar-refractivity contribution in [1.29, 1.82) is 0 Å². The lowest BCUT2D eigenvalue weighted by Crippen LogP contribution is -2.28. The monoisotopic (exact) mass is 238 g/mol. The fourth-order valence-corrected chi connectivity index (χ4v) is 1.33.